The van der Waals surface area contributed by atoms with Crippen LogP contribution >= 0.6 is 11.6 Å². The molecule has 0 heterocycles. The van der Waals surface area contributed by atoms with Crippen molar-refractivity contribution in [3.05, 3.63) is 28.8 Å². The molecule has 1 aromatic carbocycles. The van der Waals surface area contributed by atoms with E-state index in [-0.39, 0.29) is 11.4 Å². The molecule has 1 amide bonds. The Balaban J connectivity index is 1.98. The predicted octanol–water partition coefficient (Wildman–Crippen LogP) is 2.86. The van der Waals surface area contributed by atoms with Crippen molar-refractivity contribution in [2.75, 3.05) is 5.32 Å². The summed E-state index contributed by atoms with van der Waals surface area (Å²) < 4.78 is 0. The lowest BCUT2D eigenvalue weighted by molar-refractivity contribution is -0.118. The van der Waals surface area contributed by atoms with Gasteiger partial charge in [-0.05, 0) is 43.9 Å². The molecule has 3 nitrogen and oxygen atoms in total. The standard InChI is InChI=1S/C13H17ClN2O/c1-9-3-4-11(10(14)7-9)16-12(17)8-13(15)5-2-6-13/h3-4,7H,2,5-6,8,15H2,1H3,(H,16,17). The first-order valence-electron chi connectivity index (χ1n) is 5.83. The van der Waals surface area contributed by atoms with Crippen molar-refractivity contribution in [1.29, 1.82) is 0 Å². The molecule has 2 rings (SSSR count). The van der Waals surface area contributed by atoms with Crippen LogP contribution in [-0.2, 0) is 4.79 Å². The number of hydrogen-bond acceptors (Lipinski definition) is 2. The van der Waals surface area contributed by atoms with E-state index < -0.39 is 0 Å². The smallest absolute Gasteiger partial charge is 0.226 e. The zero-order chi connectivity index (χ0) is 12.5. The lowest BCUT2D eigenvalue weighted by Crippen LogP contribution is -2.48. The molecule has 0 aromatic heterocycles. The lowest BCUT2D eigenvalue weighted by atomic mass is 9.75. The summed E-state index contributed by atoms with van der Waals surface area (Å²) in [5, 5.41) is 3.38. The number of halogens is 1. The number of nitrogens with one attached hydrogen (secondary N) is 1. The third kappa shape index (κ3) is 2.99. The van der Waals surface area contributed by atoms with Gasteiger partial charge in [0.15, 0.2) is 0 Å². The molecule has 0 radical (unpaired) electrons. The molecule has 0 bridgehead atoms. The Hall–Kier alpha value is -1.06. The minimum absolute atomic E-state index is 0.0575. The second kappa shape index (κ2) is 4.67. The number of nitrogens with two attached hydrogens (primary N) is 1. The molecule has 1 aliphatic carbocycles. The molecule has 0 saturated heterocycles. The van der Waals surface area contributed by atoms with Crippen LogP contribution in [0.2, 0.25) is 5.02 Å². The molecule has 1 fully saturated rings. The average Bonchev–Trinajstić information content (AvgIpc) is 2.20. The number of amides is 1. The van der Waals surface area contributed by atoms with Gasteiger partial charge in [-0.1, -0.05) is 17.7 Å². The van der Waals surface area contributed by atoms with Crippen molar-refractivity contribution in [3.8, 4) is 0 Å². The molecule has 1 aromatic rings. The van der Waals surface area contributed by atoms with Crippen LogP contribution in [0.4, 0.5) is 5.69 Å². The number of rotatable bonds is 3. The van der Waals surface area contributed by atoms with Crippen LogP contribution in [0, 0.1) is 6.92 Å². The average molecular weight is 253 g/mol. The van der Waals surface area contributed by atoms with Gasteiger partial charge in [0.25, 0.3) is 0 Å². The zero-order valence-electron chi connectivity index (χ0n) is 9.92. The largest absolute Gasteiger partial charge is 0.325 e. The van der Waals surface area contributed by atoms with E-state index in [1.807, 2.05) is 25.1 Å². The van der Waals surface area contributed by atoms with E-state index >= 15 is 0 Å². The molecule has 1 aliphatic rings. The summed E-state index contributed by atoms with van der Waals surface area (Å²) in [6.45, 7) is 1.96. The van der Waals surface area contributed by atoms with Crippen LogP contribution in [0.25, 0.3) is 0 Å². The van der Waals surface area contributed by atoms with Gasteiger partial charge in [0.05, 0.1) is 10.7 Å². The first-order chi connectivity index (χ1) is 7.98. The summed E-state index contributed by atoms with van der Waals surface area (Å²) in [5.74, 6) is -0.0575. The Kier molecular flexibility index (Phi) is 3.40. The van der Waals surface area contributed by atoms with Crippen LogP contribution < -0.4 is 11.1 Å². The Bertz CT molecular complexity index is 441. The topological polar surface area (TPSA) is 55.1 Å². The lowest BCUT2D eigenvalue weighted by Gasteiger charge is -2.37. The maximum Gasteiger partial charge on any atom is 0.226 e. The van der Waals surface area contributed by atoms with Crippen molar-refractivity contribution in [2.45, 2.75) is 38.1 Å². The molecule has 0 unspecified atom stereocenters. The van der Waals surface area contributed by atoms with E-state index in [0.717, 1.165) is 24.8 Å². The number of aryl methyl sites for hydroxylation is 1. The Labute approximate surface area is 106 Å². The molecule has 92 valence electrons. The first-order valence-corrected chi connectivity index (χ1v) is 6.21. The fourth-order valence-electron chi connectivity index (χ4n) is 2.04. The van der Waals surface area contributed by atoms with Gasteiger partial charge in [-0.2, -0.15) is 0 Å². The quantitative estimate of drug-likeness (QED) is 0.869. The van der Waals surface area contributed by atoms with Crippen molar-refractivity contribution in [3.63, 3.8) is 0 Å². The number of carbonyl (C=O) groups is 1. The van der Waals surface area contributed by atoms with E-state index in [0.29, 0.717) is 17.1 Å². The van der Waals surface area contributed by atoms with Gasteiger partial charge in [-0.25, -0.2) is 0 Å². The molecule has 1 saturated carbocycles. The van der Waals surface area contributed by atoms with Gasteiger partial charge in [-0.15, -0.1) is 0 Å². The molecular formula is C13H17ClN2O. The van der Waals surface area contributed by atoms with Gasteiger partial charge in [-0.3, -0.25) is 4.79 Å². The van der Waals surface area contributed by atoms with Gasteiger partial charge < -0.3 is 11.1 Å². The van der Waals surface area contributed by atoms with E-state index in [2.05, 4.69) is 5.32 Å². The van der Waals surface area contributed by atoms with Crippen molar-refractivity contribution < 1.29 is 4.79 Å². The summed E-state index contributed by atoms with van der Waals surface area (Å²) in [6, 6.07) is 5.57. The normalized spacial score (nSPS) is 17.4. The van der Waals surface area contributed by atoms with Crippen LogP contribution in [0.1, 0.15) is 31.2 Å². The molecule has 17 heavy (non-hydrogen) atoms. The summed E-state index contributed by atoms with van der Waals surface area (Å²) in [5.41, 5.74) is 7.46. The van der Waals surface area contributed by atoms with Crippen molar-refractivity contribution >= 4 is 23.2 Å². The highest BCUT2D eigenvalue weighted by molar-refractivity contribution is 6.33. The third-order valence-electron chi connectivity index (χ3n) is 3.26. The molecular weight excluding hydrogens is 236 g/mol. The summed E-state index contributed by atoms with van der Waals surface area (Å²) in [6.07, 6.45) is 3.36. The number of benzene rings is 1. The number of hydrogen-bond donors (Lipinski definition) is 2. The minimum Gasteiger partial charge on any atom is -0.325 e. The van der Waals surface area contributed by atoms with Crippen LogP contribution in [0.3, 0.4) is 0 Å². The highest BCUT2D eigenvalue weighted by Gasteiger charge is 2.34. The highest BCUT2D eigenvalue weighted by atomic mass is 35.5. The summed E-state index contributed by atoms with van der Waals surface area (Å²) in [4.78, 5) is 11.8. The fourth-order valence-corrected chi connectivity index (χ4v) is 2.33. The number of anilines is 1. The second-order valence-electron chi connectivity index (χ2n) is 4.92. The fraction of sp³-hybridized carbons (Fsp3) is 0.462. The van der Waals surface area contributed by atoms with Crippen molar-refractivity contribution in [2.24, 2.45) is 5.73 Å². The molecule has 0 atom stereocenters. The molecule has 0 aliphatic heterocycles. The molecule has 3 N–H and O–H groups in total. The third-order valence-corrected chi connectivity index (χ3v) is 3.57. The van der Waals surface area contributed by atoms with E-state index in [1.165, 1.54) is 0 Å². The predicted molar refractivity (Wildman–Crippen MR) is 70.2 cm³/mol. The minimum atomic E-state index is -0.290. The number of carbonyl (C=O) groups excluding carboxylic acids is 1. The maximum absolute atomic E-state index is 11.8. The van der Waals surface area contributed by atoms with Crippen LogP contribution in [-0.4, -0.2) is 11.4 Å². The Morgan fingerprint density at radius 3 is 2.76 bits per heavy atom. The maximum atomic E-state index is 11.8. The van der Waals surface area contributed by atoms with E-state index in [1.54, 1.807) is 0 Å². The first kappa shape index (κ1) is 12.4. The Morgan fingerprint density at radius 2 is 2.24 bits per heavy atom. The van der Waals surface area contributed by atoms with Gasteiger partial charge >= 0.3 is 0 Å². The van der Waals surface area contributed by atoms with E-state index in [9.17, 15) is 4.79 Å². The van der Waals surface area contributed by atoms with E-state index in [4.69, 9.17) is 17.3 Å². The highest BCUT2D eigenvalue weighted by Crippen LogP contribution is 2.32. The zero-order valence-corrected chi connectivity index (χ0v) is 10.7. The summed E-state index contributed by atoms with van der Waals surface area (Å²) in [7, 11) is 0. The molecule has 4 heteroatoms. The van der Waals surface area contributed by atoms with Gasteiger partial charge in [0.1, 0.15) is 0 Å². The molecule has 0 spiro atoms. The monoisotopic (exact) mass is 252 g/mol. The second-order valence-corrected chi connectivity index (χ2v) is 5.33. The summed E-state index contributed by atoms with van der Waals surface area (Å²) >= 11 is 6.05. The van der Waals surface area contributed by atoms with Crippen molar-refractivity contribution in [1.82, 2.24) is 0 Å². The van der Waals surface area contributed by atoms with Crippen LogP contribution in [0.15, 0.2) is 18.2 Å². The van der Waals surface area contributed by atoms with Crippen LogP contribution in [0.5, 0.6) is 0 Å². The van der Waals surface area contributed by atoms with Gasteiger partial charge in [0.2, 0.25) is 5.91 Å². The van der Waals surface area contributed by atoms with Gasteiger partial charge in [0, 0.05) is 12.0 Å². The Morgan fingerprint density at radius 1 is 1.53 bits per heavy atom. The SMILES string of the molecule is Cc1ccc(NC(=O)CC2(N)CCC2)c(Cl)c1.